The Morgan fingerprint density at radius 2 is 1.59 bits per heavy atom. The van der Waals surface area contributed by atoms with Gasteiger partial charge in [0.05, 0.1) is 0 Å². The summed E-state index contributed by atoms with van der Waals surface area (Å²) < 4.78 is 6.01. The van der Waals surface area contributed by atoms with Gasteiger partial charge in [0.15, 0.2) is 0 Å². The third-order valence-corrected chi connectivity index (χ3v) is 5.30. The molecule has 0 saturated heterocycles. The van der Waals surface area contributed by atoms with Crippen LogP contribution in [-0.2, 0) is 13.2 Å². The van der Waals surface area contributed by atoms with Crippen molar-refractivity contribution in [3.05, 3.63) is 98.5 Å². The molecule has 3 aromatic rings. The highest BCUT2D eigenvalue weighted by molar-refractivity contribution is 6.36. The van der Waals surface area contributed by atoms with Gasteiger partial charge in [0, 0.05) is 38.8 Å². The van der Waals surface area contributed by atoms with Gasteiger partial charge in [-0.3, -0.25) is 0 Å². The maximum atomic E-state index is 6.23. The van der Waals surface area contributed by atoms with Crippen molar-refractivity contribution in [1.29, 1.82) is 0 Å². The molecule has 2 nitrogen and oxygen atoms in total. The molecule has 0 aliphatic carbocycles. The van der Waals surface area contributed by atoms with E-state index < -0.39 is 0 Å². The first-order valence-corrected chi connectivity index (χ1v) is 9.80. The van der Waals surface area contributed by atoms with Crippen molar-refractivity contribution >= 4 is 34.8 Å². The minimum atomic E-state index is 0.205. The summed E-state index contributed by atoms with van der Waals surface area (Å²) in [6.07, 6.45) is 0. The molecule has 0 amide bonds. The molecule has 1 unspecified atom stereocenters. The highest BCUT2D eigenvalue weighted by Gasteiger charge is 2.11. The summed E-state index contributed by atoms with van der Waals surface area (Å²) in [6, 6.07) is 21.5. The number of ether oxygens (including phenoxy) is 1. The molecule has 0 heterocycles. The molecule has 0 aliphatic rings. The fourth-order valence-electron chi connectivity index (χ4n) is 2.77. The predicted molar refractivity (Wildman–Crippen MR) is 114 cm³/mol. The van der Waals surface area contributed by atoms with Crippen LogP contribution < -0.4 is 10.1 Å². The second-order valence-corrected chi connectivity index (χ2v) is 7.51. The lowest BCUT2D eigenvalue weighted by Gasteiger charge is -2.17. The largest absolute Gasteiger partial charge is 0.488 e. The van der Waals surface area contributed by atoms with E-state index in [1.165, 1.54) is 5.56 Å². The van der Waals surface area contributed by atoms with Gasteiger partial charge in [0.2, 0.25) is 0 Å². The maximum absolute atomic E-state index is 6.23. The summed E-state index contributed by atoms with van der Waals surface area (Å²) in [4.78, 5) is 0. The van der Waals surface area contributed by atoms with Gasteiger partial charge in [0.25, 0.3) is 0 Å². The molecule has 0 fully saturated rings. The molecule has 0 bridgehead atoms. The summed E-state index contributed by atoms with van der Waals surface area (Å²) in [5.41, 5.74) is 2.98. The van der Waals surface area contributed by atoms with Gasteiger partial charge in [-0.15, -0.1) is 0 Å². The SMILES string of the molecule is CC(NCc1cc(Cl)ccc1OCc1c(Cl)cccc1Cl)c1ccccc1. The number of hydrogen-bond donors (Lipinski definition) is 1. The van der Waals surface area contributed by atoms with Crippen molar-refractivity contribution in [2.24, 2.45) is 0 Å². The van der Waals surface area contributed by atoms with Crippen LogP contribution in [0.5, 0.6) is 5.75 Å². The van der Waals surface area contributed by atoms with Gasteiger partial charge in [-0.2, -0.15) is 0 Å². The highest BCUT2D eigenvalue weighted by atomic mass is 35.5. The minimum absolute atomic E-state index is 0.205. The number of rotatable bonds is 7. The van der Waals surface area contributed by atoms with Gasteiger partial charge < -0.3 is 10.1 Å². The average molecular weight is 421 g/mol. The first kappa shape index (κ1) is 20.0. The smallest absolute Gasteiger partial charge is 0.124 e. The molecular weight excluding hydrogens is 401 g/mol. The molecule has 0 aromatic heterocycles. The zero-order valence-electron chi connectivity index (χ0n) is 14.9. The molecule has 1 N–H and O–H groups in total. The Morgan fingerprint density at radius 3 is 2.30 bits per heavy atom. The third kappa shape index (κ3) is 5.40. The fraction of sp³-hybridized carbons (Fsp3) is 0.182. The van der Waals surface area contributed by atoms with Crippen molar-refractivity contribution in [2.75, 3.05) is 0 Å². The first-order chi connectivity index (χ1) is 13.0. The Balaban J connectivity index is 1.71. The van der Waals surface area contributed by atoms with Crippen LogP contribution in [0.1, 0.15) is 29.7 Å². The quantitative estimate of drug-likeness (QED) is 0.441. The minimum Gasteiger partial charge on any atom is -0.488 e. The number of hydrogen-bond acceptors (Lipinski definition) is 2. The highest BCUT2D eigenvalue weighted by Crippen LogP contribution is 2.28. The van der Waals surface area contributed by atoms with Gasteiger partial charge in [0.1, 0.15) is 12.4 Å². The van der Waals surface area contributed by atoms with E-state index in [9.17, 15) is 0 Å². The molecule has 0 saturated carbocycles. The normalized spacial score (nSPS) is 12.0. The summed E-state index contributed by atoms with van der Waals surface area (Å²) in [6.45, 7) is 3.05. The zero-order valence-corrected chi connectivity index (χ0v) is 17.2. The Bertz CT molecular complexity index is 879. The molecule has 0 aliphatic heterocycles. The van der Waals surface area contributed by atoms with Crippen molar-refractivity contribution in [1.82, 2.24) is 5.32 Å². The van der Waals surface area contributed by atoms with Gasteiger partial charge in [-0.1, -0.05) is 71.2 Å². The Hall–Kier alpha value is -1.71. The van der Waals surface area contributed by atoms with Crippen LogP contribution in [0, 0.1) is 0 Å². The van der Waals surface area contributed by atoms with Crippen molar-refractivity contribution in [2.45, 2.75) is 26.1 Å². The third-order valence-electron chi connectivity index (χ3n) is 4.35. The predicted octanol–water partition coefficient (Wildman–Crippen LogP) is 7.08. The first-order valence-electron chi connectivity index (χ1n) is 8.67. The molecule has 1 atom stereocenters. The molecule has 140 valence electrons. The molecule has 5 heteroatoms. The lowest BCUT2D eigenvalue weighted by molar-refractivity contribution is 0.302. The van der Waals surface area contributed by atoms with E-state index in [4.69, 9.17) is 39.5 Å². The summed E-state index contributed by atoms with van der Waals surface area (Å²) in [7, 11) is 0. The van der Waals surface area contributed by atoms with Crippen LogP contribution in [-0.4, -0.2) is 0 Å². The van der Waals surface area contributed by atoms with Crippen LogP contribution >= 0.6 is 34.8 Å². The lowest BCUT2D eigenvalue weighted by Crippen LogP contribution is -2.18. The number of nitrogens with one attached hydrogen (secondary N) is 1. The second-order valence-electron chi connectivity index (χ2n) is 6.25. The second kappa shape index (κ2) is 9.48. The molecule has 0 radical (unpaired) electrons. The standard InChI is InChI=1S/C22H20Cl3NO/c1-15(16-6-3-2-4-7-16)26-13-17-12-18(23)10-11-22(17)27-14-19-20(24)8-5-9-21(19)25/h2-12,15,26H,13-14H2,1H3. The van der Waals surface area contributed by atoms with E-state index in [0.29, 0.717) is 28.2 Å². The van der Waals surface area contributed by atoms with Crippen molar-refractivity contribution < 1.29 is 4.74 Å². The van der Waals surface area contributed by atoms with E-state index in [2.05, 4.69) is 24.4 Å². The topological polar surface area (TPSA) is 21.3 Å². The zero-order chi connectivity index (χ0) is 19.2. The van der Waals surface area contributed by atoms with Gasteiger partial charge in [-0.25, -0.2) is 0 Å². The van der Waals surface area contributed by atoms with E-state index in [1.54, 1.807) is 12.1 Å². The lowest BCUT2D eigenvalue weighted by atomic mass is 10.1. The Morgan fingerprint density at radius 1 is 0.889 bits per heavy atom. The van der Waals surface area contributed by atoms with Crippen molar-refractivity contribution in [3.63, 3.8) is 0 Å². The van der Waals surface area contributed by atoms with Crippen molar-refractivity contribution in [3.8, 4) is 5.75 Å². The summed E-state index contributed by atoms with van der Waals surface area (Å²) in [5, 5.41) is 5.36. The van der Waals surface area contributed by atoms with Crippen LogP contribution in [0.3, 0.4) is 0 Å². The monoisotopic (exact) mass is 419 g/mol. The molecule has 0 spiro atoms. The van der Waals surface area contributed by atoms with E-state index in [-0.39, 0.29) is 6.04 Å². The van der Waals surface area contributed by atoms with E-state index >= 15 is 0 Å². The van der Waals surface area contributed by atoms with Gasteiger partial charge in [-0.05, 0) is 42.8 Å². The Labute approximate surface area is 175 Å². The summed E-state index contributed by atoms with van der Waals surface area (Å²) in [5.74, 6) is 0.753. The Kier molecular flexibility index (Phi) is 7.03. The molecular formula is C22H20Cl3NO. The number of halogens is 3. The van der Waals surface area contributed by atoms with Crippen LogP contribution in [0.2, 0.25) is 15.1 Å². The summed E-state index contributed by atoms with van der Waals surface area (Å²) >= 11 is 18.7. The molecule has 27 heavy (non-hydrogen) atoms. The van der Waals surface area contributed by atoms with Crippen LogP contribution in [0.25, 0.3) is 0 Å². The van der Waals surface area contributed by atoms with Gasteiger partial charge >= 0.3 is 0 Å². The van der Waals surface area contributed by atoms with E-state index in [1.807, 2.05) is 42.5 Å². The van der Waals surface area contributed by atoms with Crippen LogP contribution in [0.4, 0.5) is 0 Å². The average Bonchev–Trinajstić information content (AvgIpc) is 2.67. The molecule has 3 aromatic carbocycles. The maximum Gasteiger partial charge on any atom is 0.124 e. The van der Waals surface area contributed by atoms with Crippen LogP contribution in [0.15, 0.2) is 66.7 Å². The van der Waals surface area contributed by atoms with E-state index in [0.717, 1.165) is 16.9 Å². The number of benzene rings is 3. The fourth-order valence-corrected chi connectivity index (χ4v) is 3.47. The molecule has 3 rings (SSSR count).